The van der Waals surface area contributed by atoms with E-state index in [0.29, 0.717) is 27.7 Å². The van der Waals surface area contributed by atoms with Gasteiger partial charge in [0.15, 0.2) is 6.10 Å². The van der Waals surface area contributed by atoms with Gasteiger partial charge in [0, 0.05) is 22.0 Å². The molecule has 28 heavy (non-hydrogen) atoms. The van der Waals surface area contributed by atoms with Crippen LogP contribution in [0.2, 0.25) is 5.02 Å². The van der Waals surface area contributed by atoms with Gasteiger partial charge in [-0.15, -0.1) is 0 Å². The zero-order valence-corrected chi connectivity index (χ0v) is 15.9. The van der Waals surface area contributed by atoms with E-state index in [1.165, 1.54) is 0 Å². The number of rotatable bonds is 6. The first kappa shape index (κ1) is 19.5. The van der Waals surface area contributed by atoms with E-state index in [2.05, 4.69) is 10.6 Å². The standard InChI is InChI=1S/C22H19ClN2O3/c1-15(21(26)24-18-5-3-2-4-6-18)28-20-13-7-16(8-14-20)22(27)25-19-11-9-17(23)10-12-19/h2-15H,1H3,(H,24,26)(H,25,27)/t15-/m1/s1. The highest BCUT2D eigenvalue weighted by Gasteiger charge is 2.15. The van der Waals surface area contributed by atoms with Gasteiger partial charge in [-0.25, -0.2) is 0 Å². The lowest BCUT2D eigenvalue weighted by Crippen LogP contribution is -2.30. The monoisotopic (exact) mass is 394 g/mol. The molecule has 0 saturated heterocycles. The molecular formula is C22H19ClN2O3. The third kappa shape index (κ3) is 5.34. The normalized spacial score (nSPS) is 11.4. The number of carbonyl (C=O) groups excluding carboxylic acids is 2. The molecule has 0 aromatic heterocycles. The molecule has 0 radical (unpaired) electrons. The van der Waals surface area contributed by atoms with Gasteiger partial charge in [-0.05, 0) is 67.6 Å². The summed E-state index contributed by atoms with van der Waals surface area (Å²) in [6.45, 7) is 1.67. The number of amides is 2. The lowest BCUT2D eigenvalue weighted by Gasteiger charge is -2.15. The average Bonchev–Trinajstić information content (AvgIpc) is 2.71. The first-order valence-corrected chi connectivity index (χ1v) is 9.08. The Labute approximate surface area is 168 Å². The van der Waals surface area contributed by atoms with Crippen molar-refractivity contribution in [2.24, 2.45) is 0 Å². The van der Waals surface area contributed by atoms with E-state index in [0.717, 1.165) is 0 Å². The number of carbonyl (C=O) groups is 2. The van der Waals surface area contributed by atoms with E-state index >= 15 is 0 Å². The summed E-state index contributed by atoms with van der Waals surface area (Å²) in [4.78, 5) is 24.5. The van der Waals surface area contributed by atoms with Crippen LogP contribution in [0.15, 0.2) is 78.9 Å². The highest BCUT2D eigenvalue weighted by atomic mass is 35.5. The smallest absolute Gasteiger partial charge is 0.265 e. The molecule has 3 aromatic carbocycles. The van der Waals surface area contributed by atoms with Gasteiger partial charge in [0.05, 0.1) is 0 Å². The lowest BCUT2D eigenvalue weighted by atomic mass is 10.2. The van der Waals surface area contributed by atoms with Gasteiger partial charge < -0.3 is 15.4 Å². The van der Waals surface area contributed by atoms with Crippen molar-refractivity contribution < 1.29 is 14.3 Å². The first-order chi connectivity index (χ1) is 13.5. The molecule has 0 unspecified atom stereocenters. The Kier molecular flexibility index (Phi) is 6.29. The molecular weight excluding hydrogens is 376 g/mol. The summed E-state index contributed by atoms with van der Waals surface area (Å²) < 4.78 is 5.66. The highest BCUT2D eigenvalue weighted by molar-refractivity contribution is 6.30. The zero-order valence-electron chi connectivity index (χ0n) is 15.2. The Morgan fingerprint density at radius 3 is 2.07 bits per heavy atom. The summed E-state index contributed by atoms with van der Waals surface area (Å²) >= 11 is 5.84. The Bertz CT molecular complexity index is 942. The van der Waals surface area contributed by atoms with Crippen LogP contribution in [0, 0.1) is 0 Å². The average molecular weight is 395 g/mol. The van der Waals surface area contributed by atoms with Gasteiger partial charge >= 0.3 is 0 Å². The Balaban J connectivity index is 1.56. The number of para-hydroxylation sites is 1. The van der Waals surface area contributed by atoms with Gasteiger partial charge in [-0.3, -0.25) is 9.59 Å². The van der Waals surface area contributed by atoms with Gasteiger partial charge in [-0.2, -0.15) is 0 Å². The molecule has 0 aliphatic heterocycles. The van der Waals surface area contributed by atoms with Crippen LogP contribution in [-0.2, 0) is 4.79 Å². The minimum Gasteiger partial charge on any atom is -0.481 e. The van der Waals surface area contributed by atoms with Gasteiger partial charge in [-0.1, -0.05) is 29.8 Å². The number of hydrogen-bond donors (Lipinski definition) is 2. The lowest BCUT2D eigenvalue weighted by molar-refractivity contribution is -0.122. The van der Waals surface area contributed by atoms with Crippen molar-refractivity contribution in [3.8, 4) is 5.75 Å². The van der Waals surface area contributed by atoms with Crippen LogP contribution >= 0.6 is 11.6 Å². The summed E-state index contributed by atoms with van der Waals surface area (Å²) in [6, 6.07) is 22.6. The van der Waals surface area contributed by atoms with Crippen molar-refractivity contribution in [3.63, 3.8) is 0 Å². The number of benzene rings is 3. The predicted octanol–water partition coefficient (Wildman–Crippen LogP) is 5.00. The van der Waals surface area contributed by atoms with Crippen molar-refractivity contribution >= 4 is 34.8 Å². The summed E-state index contributed by atoms with van der Waals surface area (Å²) in [5, 5.41) is 6.18. The first-order valence-electron chi connectivity index (χ1n) is 8.71. The maximum atomic E-state index is 12.3. The van der Waals surface area contributed by atoms with Crippen molar-refractivity contribution in [1.82, 2.24) is 0 Å². The molecule has 1 atom stereocenters. The van der Waals surface area contributed by atoms with Crippen LogP contribution in [-0.4, -0.2) is 17.9 Å². The van der Waals surface area contributed by atoms with Crippen LogP contribution in [0.4, 0.5) is 11.4 Å². The number of nitrogens with one attached hydrogen (secondary N) is 2. The molecule has 3 aromatic rings. The van der Waals surface area contributed by atoms with Crippen molar-refractivity contribution in [1.29, 1.82) is 0 Å². The zero-order chi connectivity index (χ0) is 19.9. The quantitative estimate of drug-likeness (QED) is 0.618. The topological polar surface area (TPSA) is 67.4 Å². The van der Waals surface area contributed by atoms with E-state index < -0.39 is 6.10 Å². The molecule has 0 spiro atoms. The minimum absolute atomic E-state index is 0.247. The minimum atomic E-state index is -0.686. The molecule has 0 heterocycles. The molecule has 142 valence electrons. The van der Waals surface area contributed by atoms with Crippen molar-refractivity contribution in [2.75, 3.05) is 10.6 Å². The Hall–Kier alpha value is -3.31. The molecule has 2 amide bonds. The third-order valence-electron chi connectivity index (χ3n) is 3.94. The molecule has 0 saturated carbocycles. The molecule has 0 aliphatic carbocycles. The predicted molar refractivity (Wildman–Crippen MR) is 111 cm³/mol. The second kappa shape index (κ2) is 9.06. The fourth-order valence-corrected chi connectivity index (χ4v) is 2.57. The molecule has 0 aliphatic rings. The van der Waals surface area contributed by atoms with Crippen LogP contribution < -0.4 is 15.4 Å². The number of hydrogen-bond acceptors (Lipinski definition) is 3. The molecule has 5 nitrogen and oxygen atoms in total. The largest absolute Gasteiger partial charge is 0.481 e. The molecule has 0 fully saturated rings. The summed E-state index contributed by atoms with van der Waals surface area (Å²) in [5.74, 6) is -0.00162. The molecule has 2 N–H and O–H groups in total. The van der Waals surface area contributed by atoms with Crippen molar-refractivity contribution in [3.05, 3.63) is 89.4 Å². The van der Waals surface area contributed by atoms with E-state index in [9.17, 15) is 9.59 Å². The third-order valence-corrected chi connectivity index (χ3v) is 4.19. The number of anilines is 2. The fraction of sp³-hybridized carbons (Fsp3) is 0.0909. The molecule has 0 bridgehead atoms. The Morgan fingerprint density at radius 2 is 1.43 bits per heavy atom. The van der Waals surface area contributed by atoms with E-state index in [-0.39, 0.29) is 11.8 Å². The number of ether oxygens (including phenoxy) is 1. The SMILES string of the molecule is C[C@@H](Oc1ccc(C(=O)Nc2ccc(Cl)cc2)cc1)C(=O)Nc1ccccc1. The number of halogens is 1. The highest BCUT2D eigenvalue weighted by Crippen LogP contribution is 2.17. The summed E-state index contributed by atoms with van der Waals surface area (Å²) in [7, 11) is 0. The van der Waals surface area contributed by atoms with Crippen LogP contribution in [0.25, 0.3) is 0 Å². The van der Waals surface area contributed by atoms with Crippen LogP contribution in [0.5, 0.6) is 5.75 Å². The summed E-state index contributed by atoms with van der Waals surface area (Å²) in [6.07, 6.45) is -0.686. The fourth-order valence-electron chi connectivity index (χ4n) is 2.44. The van der Waals surface area contributed by atoms with E-state index in [4.69, 9.17) is 16.3 Å². The molecule has 3 rings (SSSR count). The maximum Gasteiger partial charge on any atom is 0.265 e. The van der Waals surface area contributed by atoms with Crippen LogP contribution in [0.3, 0.4) is 0 Å². The van der Waals surface area contributed by atoms with E-state index in [1.807, 2.05) is 18.2 Å². The van der Waals surface area contributed by atoms with E-state index in [1.54, 1.807) is 67.6 Å². The summed E-state index contributed by atoms with van der Waals surface area (Å²) in [5.41, 5.74) is 1.83. The van der Waals surface area contributed by atoms with Gasteiger partial charge in [0.2, 0.25) is 0 Å². The van der Waals surface area contributed by atoms with Gasteiger partial charge in [0.1, 0.15) is 5.75 Å². The van der Waals surface area contributed by atoms with Gasteiger partial charge in [0.25, 0.3) is 11.8 Å². The Morgan fingerprint density at radius 1 is 0.821 bits per heavy atom. The van der Waals surface area contributed by atoms with Crippen LogP contribution in [0.1, 0.15) is 17.3 Å². The second-order valence-electron chi connectivity index (χ2n) is 6.10. The molecule has 6 heteroatoms. The maximum absolute atomic E-state index is 12.3. The second-order valence-corrected chi connectivity index (χ2v) is 6.54. The van der Waals surface area contributed by atoms with Crippen molar-refractivity contribution in [2.45, 2.75) is 13.0 Å².